The summed E-state index contributed by atoms with van der Waals surface area (Å²) in [4.78, 5) is 24.1. The lowest BCUT2D eigenvalue weighted by Gasteiger charge is -2.17. The van der Waals surface area contributed by atoms with E-state index in [1.807, 2.05) is 62.5 Å². The number of hydrogen-bond acceptors (Lipinski definition) is 5. The second kappa shape index (κ2) is 8.11. The molecule has 7 heteroatoms. The average Bonchev–Trinajstić information content (AvgIpc) is 3.26. The molecule has 2 aliphatic heterocycles. The zero-order valence-electron chi connectivity index (χ0n) is 16.9. The quantitative estimate of drug-likeness (QED) is 0.390. The lowest BCUT2D eigenvalue weighted by molar-refractivity contribution is -0.113. The summed E-state index contributed by atoms with van der Waals surface area (Å²) in [6.07, 6.45) is 0. The van der Waals surface area contributed by atoms with E-state index in [4.69, 9.17) is 16.6 Å². The van der Waals surface area contributed by atoms with Gasteiger partial charge in [0.1, 0.15) is 4.91 Å². The number of rotatable bonds is 2. The minimum Gasteiger partial charge on any atom is -0.337 e. The first-order valence-corrected chi connectivity index (χ1v) is 11.7. The molecular weight excluding hydrogens is 446 g/mol. The van der Waals surface area contributed by atoms with Crippen LogP contribution in [-0.4, -0.2) is 18.1 Å². The Bertz CT molecular complexity index is 1250. The SMILES string of the molecule is Cc1cccc(N2C(=O)/C(=C3/Sc4ccccc4N3C)SC2=Nc2ccc(Cl)cc2)c1. The maximum Gasteiger partial charge on any atom is 0.274 e. The molecule has 0 N–H and O–H groups in total. The molecule has 1 saturated heterocycles. The van der Waals surface area contributed by atoms with Crippen molar-refractivity contribution in [1.82, 2.24) is 0 Å². The summed E-state index contributed by atoms with van der Waals surface area (Å²) in [5.74, 6) is -0.0644. The maximum absolute atomic E-state index is 13.7. The van der Waals surface area contributed by atoms with E-state index in [0.717, 1.165) is 32.6 Å². The molecule has 0 aliphatic carbocycles. The molecule has 3 aromatic rings. The first kappa shape index (κ1) is 20.2. The number of aryl methyl sites for hydroxylation is 1. The van der Waals surface area contributed by atoms with E-state index in [2.05, 4.69) is 17.0 Å². The average molecular weight is 464 g/mol. The highest BCUT2D eigenvalue weighted by Gasteiger charge is 2.40. The summed E-state index contributed by atoms with van der Waals surface area (Å²) in [6.45, 7) is 2.02. The van der Waals surface area contributed by atoms with Crippen molar-refractivity contribution in [2.75, 3.05) is 16.8 Å². The van der Waals surface area contributed by atoms with Crippen molar-refractivity contribution in [1.29, 1.82) is 0 Å². The van der Waals surface area contributed by atoms with E-state index in [1.54, 1.807) is 28.8 Å². The number of carbonyl (C=O) groups is 1. The molecule has 2 heterocycles. The summed E-state index contributed by atoms with van der Waals surface area (Å²) in [5, 5.41) is 2.21. The predicted octanol–water partition coefficient (Wildman–Crippen LogP) is 6.83. The zero-order chi connectivity index (χ0) is 21.5. The minimum absolute atomic E-state index is 0.0644. The monoisotopic (exact) mass is 463 g/mol. The van der Waals surface area contributed by atoms with Crippen LogP contribution in [0.4, 0.5) is 17.1 Å². The molecule has 154 valence electrons. The maximum atomic E-state index is 13.7. The van der Waals surface area contributed by atoms with Crippen LogP contribution in [0.5, 0.6) is 0 Å². The number of thioether (sulfide) groups is 2. The fourth-order valence-electron chi connectivity index (χ4n) is 3.50. The lowest BCUT2D eigenvalue weighted by Crippen LogP contribution is -2.29. The molecule has 31 heavy (non-hydrogen) atoms. The third-order valence-electron chi connectivity index (χ3n) is 5.03. The Labute approximate surface area is 194 Å². The third-order valence-corrected chi connectivity index (χ3v) is 7.67. The molecule has 5 rings (SSSR count). The van der Waals surface area contributed by atoms with Gasteiger partial charge in [0, 0.05) is 17.0 Å². The number of anilines is 2. The van der Waals surface area contributed by atoms with Gasteiger partial charge in [0.2, 0.25) is 0 Å². The molecule has 2 aliphatic rings. The highest BCUT2D eigenvalue weighted by molar-refractivity contribution is 8.20. The van der Waals surface area contributed by atoms with Crippen molar-refractivity contribution in [2.24, 2.45) is 4.99 Å². The van der Waals surface area contributed by atoms with E-state index in [0.29, 0.717) is 15.1 Å². The van der Waals surface area contributed by atoms with Crippen LogP contribution >= 0.6 is 35.1 Å². The first-order chi connectivity index (χ1) is 15.0. The number of aliphatic imine (C=N–C) groups is 1. The Morgan fingerprint density at radius 3 is 2.45 bits per heavy atom. The molecule has 0 bridgehead atoms. The molecule has 1 amide bonds. The van der Waals surface area contributed by atoms with Gasteiger partial charge >= 0.3 is 0 Å². The topological polar surface area (TPSA) is 35.9 Å². The van der Waals surface area contributed by atoms with Gasteiger partial charge < -0.3 is 4.90 Å². The number of fused-ring (bicyclic) bond motifs is 1. The Kier molecular flexibility index (Phi) is 5.30. The molecule has 4 nitrogen and oxygen atoms in total. The zero-order valence-corrected chi connectivity index (χ0v) is 19.3. The largest absolute Gasteiger partial charge is 0.337 e. The Morgan fingerprint density at radius 2 is 1.71 bits per heavy atom. The predicted molar refractivity (Wildman–Crippen MR) is 133 cm³/mol. The summed E-state index contributed by atoms with van der Waals surface area (Å²) >= 11 is 9.06. The van der Waals surface area contributed by atoms with Crippen LogP contribution in [0, 0.1) is 6.92 Å². The number of benzene rings is 3. The minimum atomic E-state index is -0.0644. The van der Waals surface area contributed by atoms with Crippen LogP contribution in [-0.2, 0) is 4.79 Å². The molecule has 1 fully saturated rings. The van der Waals surface area contributed by atoms with Gasteiger partial charge in [-0.25, -0.2) is 4.99 Å². The van der Waals surface area contributed by atoms with Crippen molar-refractivity contribution in [3.63, 3.8) is 0 Å². The summed E-state index contributed by atoms with van der Waals surface area (Å²) in [6, 6.07) is 23.4. The number of hydrogen-bond donors (Lipinski definition) is 0. The molecule has 0 unspecified atom stereocenters. The van der Waals surface area contributed by atoms with Gasteiger partial charge in [-0.2, -0.15) is 0 Å². The van der Waals surface area contributed by atoms with E-state index >= 15 is 0 Å². The van der Waals surface area contributed by atoms with Crippen LogP contribution in [0.3, 0.4) is 0 Å². The van der Waals surface area contributed by atoms with E-state index in [9.17, 15) is 4.79 Å². The second-order valence-corrected chi connectivity index (χ2v) is 9.66. The van der Waals surface area contributed by atoms with Crippen molar-refractivity contribution in [2.45, 2.75) is 11.8 Å². The van der Waals surface area contributed by atoms with E-state index in [-0.39, 0.29) is 5.91 Å². The van der Waals surface area contributed by atoms with Crippen molar-refractivity contribution in [3.05, 3.63) is 93.3 Å². The Morgan fingerprint density at radius 1 is 0.935 bits per heavy atom. The number of amidine groups is 1. The van der Waals surface area contributed by atoms with Crippen LogP contribution in [0.15, 0.2) is 92.6 Å². The smallest absolute Gasteiger partial charge is 0.274 e. The molecule has 0 aromatic heterocycles. The fourth-order valence-corrected chi connectivity index (χ4v) is 5.97. The summed E-state index contributed by atoms with van der Waals surface area (Å²) in [7, 11) is 2.00. The van der Waals surface area contributed by atoms with Gasteiger partial charge in [0.05, 0.1) is 22.1 Å². The van der Waals surface area contributed by atoms with Gasteiger partial charge in [-0.05, 0) is 72.8 Å². The van der Waals surface area contributed by atoms with Crippen molar-refractivity contribution in [3.8, 4) is 0 Å². The van der Waals surface area contributed by atoms with Gasteiger partial charge in [-0.1, -0.05) is 47.6 Å². The van der Waals surface area contributed by atoms with Gasteiger partial charge in [-0.15, -0.1) is 0 Å². The van der Waals surface area contributed by atoms with Gasteiger partial charge in [0.25, 0.3) is 5.91 Å². The third kappa shape index (κ3) is 3.76. The lowest BCUT2D eigenvalue weighted by atomic mass is 10.2. The van der Waals surface area contributed by atoms with Crippen LogP contribution < -0.4 is 9.80 Å². The van der Waals surface area contributed by atoms with Crippen LogP contribution in [0.25, 0.3) is 0 Å². The van der Waals surface area contributed by atoms with Gasteiger partial charge in [0.15, 0.2) is 5.17 Å². The molecular formula is C24H18ClN3OS2. The van der Waals surface area contributed by atoms with E-state index < -0.39 is 0 Å². The normalized spacial score (nSPS) is 19.5. The molecule has 0 atom stereocenters. The van der Waals surface area contributed by atoms with Crippen LogP contribution in [0.1, 0.15) is 5.56 Å². The highest BCUT2D eigenvalue weighted by atomic mass is 35.5. The summed E-state index contributed by atoms with van der Waals surface area (Å²) in [5.41, 5.74) is 3.75. The standard InChI is InChI=1S/C24H18ClN3OS2/c1-15-6-5-7-18(14-15)28-22(29)21(23-27(2)19-8-3-4-9-20(19)30-23)31-24(28)26-17-12-10-16(25)11-13-17/h3-14H,1-2H3/b23-21-,26-24?. The second-order valence-electron chi connectivity index (χ2n) is 7.22. The number of amides is 1. The number of halogens is 1. The number of para-hydroxylation sites is 1. The number of nitrogens with zero attached hydrogens (tertiary/aromatic N) is 3. The number of carbonyl (C=O) groups excluding carboxylic acids is 1. The first-order valence-electron chi connectivity index (χ1n) is 9.69. The molecule has 3 aromatic carbocycles. The summed E-state index contributed by atoms with van der Waals surface area (Å²) < 4.78 is 0. The Balaban J connectivity index is 1.62. The molecule has 0 spiro atoms. The van der Waals surface area contributed by atoms with Crippen molar-refractivity contribution < 1.29 is 4.79 Å². The Hall–Kier alpha value is -2.67. The molecule has 0 radical (unpaired) electrons. The molecule has 0 saturated carbocycles. The fraction of sp³-hybridized carbons (Fsp3) is 0.0833. The van der Waals surface area contributed by atoms with Crippen molar-refractivity contribution >= 4 is 63.3 Å². The van der Waals surface area contributed by atoms with E-state index in [1.165, 1.54) is 11.8 Å². The van der Waals surface area contributed by atoms with Crippen LogP contribution in [0.2, 0.25) is 5.02 Å². The van der Waals surface area contributed by atoms with Gasteiger partial charge in [-0.3, -0.25) is 9.69 Å². The highest BCUT2D eigenvalue weighted by Crippen LogP contribution is 2.50.